The summed E-state index contributed by atoms with van der Waals surface area (Å²) in [5.74, 6) is -0.332. The van der Waals surface area contributed by atoms with Gasteiger partial charge < -0.3 is 19.7 Å². The van der Waals surface area contributed by atoms with E-state index in [1.165, 1.54) is 11.0 Å². The molecular formula is C18H26FN3O3. The van der Waals surface area contributed by atoms with Gasteiger partial charge >= 0.3 is 6.09 Å². The molecule has 1 unspecified atom stereocenters. The number of benzene rings is 1. The summed E-state index contributed by atoms with van der Waals surface area (Å²) in [5.41, 5.74) is 1.00. The Morgan fingerprint density at radius 2 is 2.00 bits per heavy atom. The van der Waals surface area contributed by atoms with Crippen molar-refractivity contribution in [3.8, 4) is 0 Å². The van der Waals surface area contributed by atoms with Crippen molar-refractivity contribution in [2.75, 3.05) is 49.3 Å². The summed E-state index contributed by atoms with van der Waals surface area (Å²) in [6.07, 6.45) is -0.431. The smallest absolute Gasteiger partial charge is 0.414 e. The highest BCUT2D eigenvalue weighted by molar-refractivity contribution is 5.90. The Balaban J connectivity index is 1.77. The van der Waals surface area contributed by atoms with Crippen LogP contribution in [0.4, 0.5) is 20.6 Å². The SMILES string of the molecule is CC(C)(C)NCC1COC(=O)N1c1ccc(N2CCOCC2)c(F)c1. The van der Waals surface area contributed by atoms with Crippen molar-refractivity contribution < 1.29 is 18.7 Å². The second-order valence-corrected chi connectivity index (χ2v) is 7.47. The molecule has 0 bridgehead atoms. The molecule has 1 aromatic carbocycles. The van der Waals surface area contributed by atoms with Gasteiger partial charge in [-0.05, 0) is 39.0 Å². The Bertz CT molecular complexity index is 626. The number of hydrogen-bond acceptors (Lipinski definition) is 5. The van der Waals surface area contributed by atoms with Crippen LogP contribution in [0, 0.1) is 5.82 Å². The van der Waals surface area contributed by atoms with E-state index in [2.05, 4.69) is 26.1 Å². The monoisotopic (exact) mass is 351 g/mol. The average molecular weight is 351 g/mol. The summed E-state index contributed by atoms with van der Waals surface area (Å²) >= 11 is 0. The molecule has 2 aliphatic heterocycles. The quantitative estimate of drug-likeness (QED) is 0.903. The predicted molar refractivity (Wildman–Crippen MR) is 94.8 cm³/mol. The summed E-state index contributed by atoms with van der Waals surface area (Å²) < 4.78 is 25.1. The molecule has 25 heavy (non-hydrogen) atoms. The van der Waals surface area contributed by atoms with E-state index in [0.29, 0.717) is 50.8 Å². The number of amides is 1. The fraction of sp³-hybridized carbons (Fsp3) is 0.611. The van der Waals surface area contributed by atoms with Crippen LogP contribution < -0.4 is 15.1 Å². The molecule has 7 heteroatoms. The van der Waals surface area contributed by atoms with E-state index < -0.39 is 6.09 Å². The molecule has 0 saturated carbocycles. The number of halogens is 1. The number of nitrogens with zero attached hydrogens (tertiary/aromatic N) is 2. The fourth-order valence-corrected chi connectivity index (χ4v) is 3.06. The van der Waals surface area contributed by atoms with Crippen molar-refractivity contribution in [3.05, 3.63) is 24.0 Å². The minimum Gasteiger partial charge on any atom is -0.447 e. The topological polar surface area (TPSA) is 54.0 Å². The van der Waals surface area contributed by atoms with Crippen molar-refractivity contribution in [2.45, 2.75) is 32.4 Å². The number of carbonyl (C=O) groups excluding carboxylic acids is 1. The highest BCUT2D eigenvalue weighted by atomic mass is 19.1. The van der Waals surface area contributed by atoms with Gasteiger partial charge in [-0.15, -0.1) is 0 Å². The first kappa shape index (κ1) is 17.9. The van der Waals surface area contributed by atoms with Crippen molar-refractivity contribution >= 4 is 17.5 Å². The summed E-state index contributed by atoms with van der Waals surface area (Å²) in [6.45, 7) is 9.60. The van der Waals surface area contributed by atoms with Crippen LogP contribution in [0.3, 0.4) is 0 Å². The van der Waals surface area contributed by atoms with E-state index in [4.69, 9.17) is 9.47 Å². The molecule has 1 atom stereocenters. The molecule has 0 aromatic heterocycles. The fourth-order valence-electron chi connectivity index (χ4n) is 3.06. The van der Waals surface area contributed by atoms with Gasteiger partial charge in [0.1, 0.15) is 12.4 Å². The first-order valence-electron chi connectivity index (χ1n) is 8.68. The van der Waals surface area contributed by atoms with E-state index in [-0.39, 0.29) is 17.4 Å². The molecule has 2 fully saturated rings. The molecule has 2 heterocycles. The molecule has 0 aliphatic carbocycles. The first-order valence-corrected chi connectivity index (χ1v) is 8.68. The van der Waals surface area contributed by atoms with Crippen LogP contribution in [0.2, 0.25) is 0 Å². The summed E-state index contributed by atoms with van der Waals surface area (Å²) in [6, 6.07) is 4.78. The van der Waals surface area contributed by atoms with E-state index in [9.17, 15) is 9.18 Å². The maximum atomic E-state index is 14.6. The highest BCUT2D eigenvalue weighted by Crippen LogP contribution is 2.29. The van der Waals surface area contributed by atoms with E-state index in [1.54, 1.807) is 12.1 Å². The Morgan fingerprint density at radius 1 is 1.28 bits per heavy atom. The predicted octanol–water partition coefficient (Wildman–Crippen LogP) is 2.38. The summed E-state index contributed by atoms with van der Waals surface area (Å²) in [7, 11) is 0. The third-order valence-electron chi connectivity index (χ3n) is 4.39. The molecule has 6 nitrogen and oxygen atoms in total. The lowest BCUT2D eigenvalue weighted by Gasteiger charge is -2.30. The van der Waals surface area contributed by atoms with Crippen molar-refractivity contribution in [1.29, 1.82) is 0 Å². The van der Waals surface area contributed by atoms with Crippen LogP contribution in [0.15, 0.2) is 18.2 Å². The first-order chi connectivity index (χ1) is 11.8. The van der Waals surface area contributed by atoms with Gasteiger partial charge in [0.15, 0.2) is 0 Å². The third kappa shape index (κ3) is 4.22. The Hall–Kier alpha value is -1.86. The zero-order valence-corrected chi connectivity index (χ0v) is 15.0. The molecule has 1 amide bonds. The minimum atomic E-state index is -0.431. The van der Waals surface area contributed by atoms with Gasteiger partial charge in [-0.25, -0.2) is 9.18 Å². The second-order valence-electron chi connectivity index (χ2n) is 7.47. The Kier molecular flexibility index (Phi) is 5.15. The van der Waals surface area contributed by atoms with Crippen LogP contribution in [0.25, 0.3) is 0 Å². The molecule has 1 aromatic rings. The summed E-state index contributed by atoms with van der Waals surface area (Å²) in [4.78, 5) is 15.6. The van der Waals surface area contributed by atoms with Gasteiger partial charge in [0.25, 0.3) is 0 Å². The van der Waals surface area contributed by atoms with E-state index in [1.807, 2.05) is 4.90 Å². The van der Waals surface area contributed by atoms with E-state index in [0.717, 1.165) is 0 Å². The van der Waals surface area contributed by atoms with Gasteiger partial charge in [0, 0.05) is 25.2 Å². The number of anilines is 2. The number of morpholine rings is 1. The molecule has 3 rings (SSSR count). The largest absolute Gasteiger partial charge is 0.447 e. The number of hydrogen-bond donors (Lipinski definition) is 1. The van der Waals surface area contributed by atoms with Gasteiger partial charge in [0.2, 0.25) is 0 Å². The molecular weight excluding hydrogens is 325 g/mol. The lowest BCUT2D eigenvalue weighted by Crippen LogP contribution is -2.47. The van der Waals surface area contributed by atoms with Gasteiger partial charge in [-0.3, -0.25) is 4.90 Å². The standard InChI is InChI=1S/C18H26FN3O3/c1-18(2,3)20-11-14-12-25-17(23)22(14)13-4-5-16(15(19)10-13)21-6-8-24-9-7-21/h4-5,10,14,20H,6-9,11-12H2,1-3H3. The third-order valence-corrected chi connectivity index (χ3v) is 4.39. The van der Waals surface area contributed by atoms with Crippen molar-refractivity contribution in [1.82, 2.24) is 5.32 Å². The Labute approximate surface area is 147 Å². The molecule has 2 saturated heterocycles. The van der Waals surface area contributed by atoms with Crippen LogP contribution in [-0.4, -0.2) is 57.1 Å². The van der Waals surface area contributed by atoms with Crippen LogP contribution >= 0.6 is 0 Å². The maximum Gasteiger partial charge on any atom is 0.414 e. The van der Waals surface area contributed by atoms with Crippen LogP contribution in [0.5, 0.6) is 0 Å². The van der Waals surface area contributed by atoms with Crippen LogP contribution in [0.1, 0.15) is 20.8 Å². The lowest BCUT2D eigenvalue weighted by molar-refractivity contribution is 0.122. The number of ether oxygens (including phenoxy) is 2. The average Bonchev–Trinajstić information content (AvgIpc) is 2.94. The number of cyclic esters (lactones) is 1. The molecule has 2 aliphatic rings. The van der Waals surface area contributed by atoms with Gasteiger partial charge in [0.05, 0.1) is 30.6 Å². The molecule has 0 radical (unpaired) electrons. The Morgan fingerprint density at radius 3 is 2.64 bits per heavy atom. The maximum absolute atomic E-state index is 14.6. The van der Waals surface area contributed by atoms with E-state index >= 15 is 0 Å². The molecule has 0 spiro atoms. The molecule has 1 N–H and O–H groups in total. The molecule has 138 valence electrons. The highest BCUT2D eigenvalue weighted by Gasteiger charge is 2.35. The number of carbonyl (C=O) groups is 1. The lowest BCUT2D eigenvalue weighted by atomic mass is 10.1. The number of rotatable bonds is 4. The zero-order chi connectivity index (χ0) is 18.0. The van der Waals surface area contributed by atoms with Gasteiger partial charge in [-0.1, -0.05) is 0 Å². The van der Waals surface area contributed by atoms with Gasteiger partial charge in [-0.2, -0.15) is 0 Å². The van der Waals surface area contributed by atoms with Crippen molar-refractivity contribution in [3.63, 3.8) is 0 Å². The second kappa shape index (κ2) is 7.17. The number of nitrogens with one attached hydrogen (secondary N) is 1. The minimum absolute atomic E-state index is 0.0667. The van der Waals surface area contributed by atoms with Crippen molar-refractivity contribution in [2.24, 2.45) is 0 Å². The zero-order valence-electron chi connectivity index (χ0n) is 15.0. The van der Waals surface area contributed by atoms with Crippen LogP contribution in [-0.2, 0) is 9.47 Å². The summed E-state index contributed by atoms with van der Waals surface area (Å²) in [5, 5.41) is 3.37. The normalized spacial score (nSPS) is 21.6.